The van der Waals surface area contributed by atoms with Gasteiger partial charge in [0.2, 0.25) is 5.91 Å². The van der Waals surface area contributed by atoms with Gasteiger partial charge in [-0.15, -0.1) is 0 Å². The van der Waals surface area contributed by atoms with Gasteiger partial charge in [0.05, 0.1) is 22.5 Å². The highest BCUT2D eigenvalue weighted by atomic mass is 35.5. The van der Waals surface area contributed by atoms with Crippen LogP contribution in [0.2, 0.25) is 10.0 Å². The fourth-order valence-corrected chi connectivity index (χ4v) is 1.96. The number of carbonyl (C=O) groups is 2. The van der Waals surface area contributed by atoms with Gasteiger partial charge in [0.25, 0.3) is 0 Å². The van der Waals surface area contributed by atoms with Crippen LogP contribution in [0, 0.1) is 5.92 Å². The molecule has 6 nitrogen and oxygen atoms in total. The normalized spacial score (nSPS) is 12.2. The second-order valence-electron chi connectivity index (χ2n) is 4.47. The van der Waals surface area contributed by atoms with Crippen molar-refractivity contribution in [2.24, 2.45) is 5.92 Å². The Kier molecular flexibility index (Phi) is 6.19. The first-order valence-electron chi connectivity index (χ1n) is 5.82. The number of aromatic nitrogens is 1. The second kappa shape index (κ2) is 7.42. The van der Waals surface area contributed by atoms with Crippen LogP contribution < -0.4 is 5.32 Å². The third-order valence-corrected chi connectivity index (χ3v) is 2.98. The van der Waals surface area contributed by atoms with Gasteiger partial charge in [0.15, 0.2) is 5.82 Å². The summed E-state index contributed by atoms with van der Waals surface area (Å²) in [4.78, 5) is 28.0. The number of carboxylic acid groups (broad SMARTS) is 1. The van der Waals surface area contributed by atoms with E-state index in [1.165, 1.54) is 12.3 Å². The predicted molar refractivity (Wildman–Crippen MR) is 77.2 cm³/mol. The molecule has 0 aromatic carbocycles. The van der Waals surface area contributed by atoms with Crippen LogP contribution in [0.3, 0.4) is 0 Å². The van der Waals surface area contributed by atoms with E-state index < -0.39 is 11.9 Å². The third kappa shape index (κ3) is 5.32. The minimum atomic E-state index is -0.903. The number of nitrogens with zero attached hydrogens (tertiary/aromatic N) is 2. The number of hydrogen-bond acceptors (Lipinski definition) is 4. The Morgan fingerprint density at radius 1 is 1.50 bits per heavy atom. The molecular formula is C12H15Cl2N3O3. The van der Waals surface area contributed by atoms with Crippen LogP contribution in [0.25, 0.3) is 0 Å². The number of carbonyl (C=O) groups excluding carboxylic acids is 1. The van der Waals surface area contributed by atoms with Crippen molar-refractivity contribution in [3.63, 3.8) is 0 Å². The molecule has 1 atom stereocenters. The molecule has 0 saturated heterocycles. The molecule has 0 aliphatic carbocycles. The van der Waals surface area contributed by atoms with E-state index in [9.17, 15) is 9.59 Å². The van der Waals surface area contributed by atoms with Gasteiger partial charge in [0.1, 0.15) is 0 Å². The summed E-state index contributed by atoms with van der Waals surface area (Å²) in [5.41, 5.74) is 0. The molecule has 110 valence electrons. The maximum Gasteiger partial charge on any atom is 0.307 e. The van der Waals surface area contributed by atoms with Gasteiger partial charge in [-0.1, -0.05) is 30.1 Å². The maximum absolute atomic E-state index is 11.8. The Balaban J connectivity index is 2.53. The topological polar surface area (TPSA) is 82.5 Å². The fourth-order valence-electron chi connectivity index (χ4n) is 1.53. The number of rotatable bonds is 6. The SMILES string of the molecule is CC(CN(C)CC(=O)Nc1ncc(Cl)cc1Cl)C(=O)O. The summed E-state index contributed by atoms with van der Waals surface area (Å²) in [7, 11) is 1.66. The highest BCUT2D eigenvalue weighted by Crippen LogP contribution is 2.22. The average molecular weight is 320 g/mol. The highest BCUT2D eigenvalue weighted by Gasteiger charge is 2.16. The van der Waals surface area contributed by atoms with E-state index in [1.807, 2.05) is 0 Å². The summed E-state index contributed by atoms with van der Waals surface area (Å²) in [6.07, 6.45) is 1.37. The molecule has 0 aliphatic rings. The first kappa shape index (κ1) is 16.7. The van der Waals surface area contributed by atoms with Crippen LogP contribution in [0.5, 0.6) is 0 Å². The summed E-state index contributed by atoms with van der Waals surface area (Å²) in [5.74, 6) is -1.56. The van der Waals surface area contributed by atoms with Crippen LogP contribution in [-0.2, 0) is 9.59 Å². The summed E-state index contributed by atoms with van der Waals surface area (Å²) in [5, 5.41) is 12.0. The number of anilines is 1. The van der Waals surface area contributed by atoms with Gasteiger partial charge in [-0.2, -0.15) is 0 Å². The zero-order valence-electron chi connectivity index (χ0n) is 11.1. The minimum absolute atomic E-state index is 0.0399. The van der Waals surface area contributed by atoms with Crippen molar-refractivity contribution < 1.29 is 14.7 Å². The van der Waals surface area contributed by atoms with Gasteiger partial charge < -0.3 is 10.4 Å². The quantitative estimate of drug-likeness (QED) is 0.837. The highest BCUT2D eigenvalue weighted by molar-refractivity contribution is 6.36. The van der Waals surface area contributed by atoms with Crippen LogP contribution in [-0.4, -0.2) is 47.0 Å². The van der Waals surface area contributed by atoms with Gasteiger partial charge >= 0.3 is 5.97 Å². The molecule has 20 heavy (non-hydrogen) atoms. The molecule has 0 aliphatic heterocycles. The standard InChI is InChI=1S/C12H15Cl2N3O3/c1-7(12(19)20)5-17(2)6-10(18)16-11-9(14)3-8(13)4-15-11/h3-4,7H,5-6H2,1-2H3,(H,19,20)(H,15,16,18). The monoisotopic (exact) mass is 319 g/mol. The Morgan fingerprint density at radius 3 is 2.70 bits per heavy atom. The minimum Gasteiger partial charge on any atom is -0.481 e. The number of halogens is 2. The first-order valence-corrected chi connectivity index (χ1v) is 6.57. The largest absolute Gasteiger partial charge is 0.481 e. The number of nitrogens with one attached hydrogen (secondary N) is 1. The molecule has 1 amide bonds. The number of aliphatic carboxylic acids is 1. The van der Waals surface area contributed by atoms with Crippen LogP contribution >= 0.6 is 23.2 Å². The van der Waals surface area contributed by atoms with Crippen LogP contribution in [0.15, 0.2) is 12.3 Å². The van der Waals surface area contributed by atoms with Crippen molar-refractivity contribution in [3.05, 3.63) is 22.3 Å². The number of carboxylic acids is 1. The molecule has 8 heteroatoms. The molecule has 0 spiro atoms. The van der Waals surface area contributed by atoms with Crippen LogP contribution in [0.4, 0.5) is 5.82 Å². The fraction of sp³-hybridized carbons (Fsp3) is 0.417. The molecular weight excluding hydrogens is 305 g/mol. The van der Waals surface area contributed by atoms with Crippen molar-refractivity contribution in [2.75, 3.05) is 25.5 Å². The van der Waals surface area contributed by atoms with Gasteiger partial charge in [-0.05, 0) is 13.1 Å². The first-order chi connectivity index (χ1) is 9.29. The predicted octanol–water partition coefficient (Wildman–Crippen LogP) is 1.98. The summed E-state index contributed by atoms with van der Waals surface area (Å²) < 4.78 is 0. The van der Waals surface area contributed by atoms with E-state index >= 15 is 0 Å². The van der Waals surface area contributed by atoms with Gasteiger partial charge in [-0.25, -0.2) is 4.98 Å². The summed E-state index contributed by atoms with van der Waals surface area (Å²) in [6.45, 7) is 1.89. The third-order valence-electron chi connectivity index (χ3n) is 2.49. The van der Waals surface area contributed by atoms with Crippen molar-refractivity contribution in [1.29, 1.82) is 0 Å². The van der Waals surface area contributed by atoms with Crippen molar-refractivity contribution in [2.45, 2.75) is 6.92 Å². The van der Waals surface area contributed by atoms with Crippen LogP contribution in [0.1, 0.15) is 6.92 Å². The van der Waals surface area contributed by atoms with E-state index in [-0.39, 0.29) is 29.8 Å². The molecule has 1 rings (SSSR count). The smallest absolute Gasteiger partial charge is 0.307 e. The lowest BCUT2D eigenvalue weighted by Crippen LogP contribution is -2.35. The molecule has 0 radical (unpaired) electrons. The second-order valence-corrected chi connectivity index (χ2v) is 5.31. The van der Waals surface area contributed by atoms with E-state index in [1.54, 1.807) is 18.9 Å². The Labute approximate surface area is 126 Å². The Hall–Kier alpha value is -1.37. The molecule has 1 heterocycles. The number of amides is 1. The van der Waals surface area contributed by atoms with E-state index in [0.717, 1.165) is 0 Å². The average Bonchev–Trinajstić information content (AvgIpc) is 2.32. The molecule has 1 unspecified atom stereocenters. The molecule has 0 saturated carbocycles. The molecule has 1 aromatic heterocycles. The van der Waals surface area contributed by atoms with Crippen molar-refractivity contribution in [1.82, 2.24) is 9.88 Å². The van der Waals surface area contributed by atoms with E-state index in [2.05, 4.69) is 10.3 Å². The molecule has 1 aromatic rings. The lowest BCUT2D eigenvalue weighted by atomic mass is 10.2. The van der Waals surface area contributed by atoms with Gasteiger partial charge in [0, 0.05) is 12.7 Å². The van der Waals surface area contributed by atoms with Gasteiger partial charge in [-0.3, -0.25) is 14.5 Å². The lowest BCUT2D eigenvalue weighted by molar-refractivity contribution is -0.141. The zero-order valence-corrected chi connectivity index (χ0v) is 12.6. The van der Waals surface area contributed by atoms with Crippen molar-refractivity contribution in [3.8, 4) is 0 Å². The molecule has 2 N–H and O–H groups in total. The van der Waals surface area contributed by atoms with Crippen molar-refractivity contribution >= 4 is 40.9 Å². The lowest BCUT2D eigenvalue weighted by Gasteiger charge is -2.18. The summed E-state index contributed by atoms with van der Waals surface area (Å²) >= 11 is 11.6. The molecule has 0 fully saturated rings. The number of likely N-dealkylation sites (N-methyl/N-ethyl adjacent to an activating group) is 1. The maximum atomic E-state index is 11.8. The van der Waals surface area contributed by atoms with E-state index in [4.69, 9.17) is 28.3 Å². The zero-order chi connectivity index (χ0) is 15.3. The summed E-state index contributed by atoms with van der Waals surface area (Å²) in [6, 6.07) is 1.47. The Bertz CT molecular complexity index is 511. The number of pyridine rings is 1. The Morgan fingerprint density at radius 2 is 2.15 bits per heavy atom. The number of hydrogen-bond donors (Lipinski definition) is 2. The van der Waals surface area contributed by atoms with E-state index in [0.29, 0.717) is 5.02 Å². The molecule has 0 bridgehead atoms.